The van der Waals surface area contributed by atoms with Gasteiger partial charge in [0.1, 0.15) is 0 Å². The fourth-order valence-electron chi connectivity index (χ4n) is 2.07. The second-order valence-electron chi connectivity index (χ2n) is 4.58. The Morgan fingerprint density at radius 2 is 2.29 bits per heavy atom. The molecule has 0 amide bonds. The minimum absolute atomic E-state index is 0.227. The Hall–Kier alpha value is -0.890. The van der Waals surface area contributed by atoms with E-state index in [1.54, 1.807) is 0 Å². The van der Waals surface area contributed by atoms with Crippen LogP contribution in [0.2, 0.25) is 0 Å². The van der Waals surface area contributed by atoms with E-state index in [0.29, 0.717) is 5.92 Å². The first-order valence-corrected chi connectivity index (χ1v) is 5.41. The van der Waals surface area contributed by atoms with Gasteiger partial charge in [-0.05, 0) is 36.8 Å². The van der Waals surface area contributed by atoms with Crippen LogP contribution >= 0.6 is 0 Å². The standard InChI is InChI=1S/C12H18N2/c1-8(2)7-9-3-4-10-11(13)5-6-12(10)14-9/h3-4,8,11H,5-7,13H2,1-2H3. The average molecular weight is 190 g/mol. The molecule has 1 heterocycles. The van der Waals surface area contributed by atoms with Crippen molar-refractivity contribution in [1.29, 1.82) is 0 Å². The topological polar surface area (TPSA) is 38.9 Å². The van der Waals surface area contributed by atoms with Crippen molar-refractivity contribution in [2.45, 2.75) is 39.2 Å². The fraction of sp³-hybridized carbons (Fsp3) is 0.583. The first kappa shape index (κ1) is 9.66. The van der Waals surface area contributed by atoms with E-state index in [4.69, 9.17) is 5.73 Å². The summed E-state index contributed by atoms with van der Waals surface area (Å²) in [5.74, 6) is 0.677. The van der Waals surface area contributed by atoms with Crippen LogP contribution in [0.15, 0.2) is 12.1 Å². The maximum Gasteiger partial charge on any atom is 0.0455 e. The van der Waals surface area contributed by atoms with Crippen molar-refractivity contribution in [1.82, 2.24) is 4.98 Å². The van der Waals surface area contributed by atoms with Crippen LogP contribution < -0.4 is 5.73 Å². The molecule has 0 saturated heterocycles. The van der Waals surface area contributed by atoms with Crippen LogP contribution in [0.5, 0.6) is 0 Å². The molecule has 0 aliphatic heterocycles. The van der Waals surface area contributed by atoms with Gasteiger partial charge in [-0.15, -0.1) is 0 Å². The number of nitrogens with two attached hydrogens (primary N) is 1. The van der Waals surface area contributed by atoms with Crippen molar-refractivity contribution in [2.75, 3.05) is 0 Å². The molecule has 1 aromatic rings. The number of aromatic nitrogens is 1. The molecule has 1 unspecified atom stereocenters. The SMILES string of the molecule is CC(C)Cc1ccc2c(n1)CCC2N. The van der Waals surface area contributed by atoms with Gasteiger partial charge in [-0.2, -0.15) is 0 Å². The van der Waals surface area contributed by atoms with Crippen LogP contribution in [0.1, 0.15) is 43.3 Å². The van der Waals surface area contributed by atoms with Gasteiger partial charge in [0.15, 0.2) is 0 Å². The van der Waals surface area contributed by atoms with Gasteiger partial charge in [0.2, 0.25) is 0 Å². The summed E-state index contributed by atoms with van der Waals surface area (Å²) in [4.78, 5) is 4.66. The Morgan fingerprint density at radius 1 is 1.50 bits per heavy atom. The molecule has 0 saturated carbocycles. The number of hydrogen-bond acceptors (Lipinski definition) is 2. The second kappa shape index (κ2) is 3.70. The highest BCUT2D eigenvalue weighted by Gasteiger charge is 2.20. The van der Waals surface area contributed by atoms with Gasteiger partial charge in [0.05, 0.1) is 0 Å². The normalized spacial score (nSPS) is 20.1. The number of hydrogen-bond donors (Lipinski definition) is 1. The molecule has 0 spiro atoms. The highest BCUT2D eigenvalue weighted by molar-refractivity contribution is 5.30. The van der Waals surface area contributed by atoms with Crippen LogP contribution in [-0.2, 0) is 12.8 Å². The van der Waals surface area contributed by atoms with Gasteiger partial charge < -0.3 is 5.73 Å². The maximum absolute atomic E-state index is 5.96. The number of aryl methyl sites for hydroxylation is 1. The molecule has 0 fully saturated rings. The zero-order valence-electron chi connectivity index (χ0n) is 8.96. The van der Waals surface area contributed by atoms with Crippen molar-refractivity contribution < 1.29 is 0 Å². The maximum atomic E-state index is 5.96. The first-order valence-electron chi connectivity index (χ1n) is 5.41. The highest BCUT2D eigenvalue weighted by atomic mass is 14.8. The quantitative estimate of drug-likeness (QED) is 0.776. The van der Waals surface area contributed by atoms with Crippen molar-refractivity contribution in [3.05, 3.63) is 29.1 Å². The lowest BCUT2D eigenvalue weighted by Gasteiger charge is -2.07. The minimum Gasteiger partial charge on any atom is -0.324 e. The Balaban J connectivity index is 2.24. The molecular formula is C12H18N2. The van der Waals surface area contributed by atoms with Crippen LogP contribution in [-0.4, -0.2) is 4.98 Å². The summed E-state index contributed by atoms with van der Waals surface area (Å²) in [6.45, 7) is 4.45. The molecule has 14 heavy (non-hydrogen) atoms. The summed E-state index contributed by atoms with van der Waals surface area (Å²) in [6.07, 6.45) is 3.19. The van der Waals surface area contributed by atoms with Gasteiger partial charge in [0.25, 0.3) is 0 Å². The molecule has 0 radical (unpaired) electrons. The predicted molar refractivity (Wildman–Crippen MR) is 58.0 cm³/mol. The smallest absolute Gasteiger partial charge is 0.0455 e. The summed E-state index contributed by atoms with van der Waals surface area (Å²) in [5.41, 5.74) is 9.67. The molecule has 76 valence electrons. The van der Waals surface area contributed by atoms with E-state index in [9.17, 15) is 0 Å². The van der Waals surface area contributed by atoms with E-state index in [1.807, 2.05) is 0 Å². The second-order valence-corrected chi connectivity index (χ2v) is 4.58. The van der Waals surface area contributed by atoms with E-state index >= 15 is 0 Å². The third kappa shape index (κ3) is 1.80. The van der Waals surface area contributed by atoms with Crippen LogP contribution in [0.25, 0.3) is 0 Å². The number of nitrogens with zero attached hydrogens (tertiary/aromatic N) is 1. The van der Waals surface area contributed by atoms with Gasteiger partial charge in [-0.3, -0.25) is 4.98 Å². The number of fused-ring (bicyclic) bond motifs is 1. The molecule has 0 aromatic carbocycles. The molecule has 0 bridgehead atoms. The molecule has 1 aliphatic rings. The van der Waals surface area contributed by atoms with E-state index in [2.05, 4.69) is 31.0 Å². The largest absolute Gasteiger partial charge is 0.324 e. The molecule has 1 aromatic heterocycles. The highest BCUT2D eigenvalue weighted by Crippen LogP contribution is 2.27. The lowest BCUT2D eigenvalue weighted by Crippen LogP contribution is -2.06. The van der Waals surface area contributed by atoms with Gasteiger partial charge in [0, 0.05) is 17.4 Å². The van der Waals surface area contributed by atoms with Crippen LogP contribution in [0.4, 0.5) is 0 Å². The van der Waals surface area contributed by atoms with E-state index < -0.39 is 0 Å². The first-order chi connectivity index (χ1) is 6.66. The number of rotatable bonds is 2. The van der Waals surface area contributed by atoms with Gasteiger partial charge >= 0.3 is 0 Å². The molecule has 2 nitrogen and oxygen atoms in total. The Bertz CT molecular complexity index is 331. The zero-order valence-corrected chi connectivity index (χ0v) is 8.96. The van der Waals surface area contributed by atoms with Gasteiger partial charge in [-0.25, -0.2) is 0 Å². The van der Waals surface area contributed by atoms with Gasteiger partial charge in [-0.1, -0.05) is 19.9 Å². The lowest BCUT2D eigenvalue weighted by atomic mass is 10.1. The summed E-state index contributed by atoms with van der Waals surface area (Å²) >= 11 is 0. The van der Waals surface area contributed by atoms with Crippen molar-refractivity contribution in [3.63, 3.8) is 0 Å². The minimum atomic E-state index is 0.227. The third-order valence-electron chi connectivity index (χ3n) is 2.78. The molecular weight excluding hydrogens is 172 g/mol. The van der Waals surface area contributed by atoms with E-state index in [1.165, 1.54) is 17.0 Å². The Labute approximate surface area is 85.5 Å². The van der Waals surface area contributed by atoms with Crippen LogP contribution in [0, 0.1) is 5.92 Å². The molecule has 2 rings (SSSR count). The van der Waals surface area contributed by atoms with E-state index in [0.717, 1.165) is 19.3 Å². The monoisotopic (exact) mass is 190 g/mol. The summed E-state index contributed by atoms with van der Waals surface area (Å²) < 4.78 is 0. The Morgan fingerprint density at radius 3 is 3.00 bits per heavy atom. The van der Waals surface area contributed by atoms with Crippen molar-refractivity contribution in [2.24, 2.45) is 11.7 Å². The number of pyridine rings is 1. The lowest BCUT2D eigenvalue weighted by molar-refractivity contribution is 0.633. The Kier molecular flexibility index (Phi) is 2.55. The average Bonchev–Trinajstić information content (AvgIpc) is 2.46. The molecule has 2 N–H and O–H groups in total. The van der Waals surface area contributed by atoms with E-state index in [-0.39, 0.29) is 6.04 Å². The third-order valence-corrected chi connectivity index (χ3v) is 2.78. The van der Waals surface area contributed by atoms with Crippen molar-refractivity contribution in [3.8, 4) is 0 Å². The predicted octanol–water partition coefficient (Wildman–Crippen LogP) is 2.23. The molecule has 2 heteroatoms. The fourth-order valence-corrected chi connectivity index (χ4v) is 2.07. The molecule has 1 atom stereocenters. The zero-order chi connectivity index (χ0) is 10.1. The molecule has 1 aliphatic carbocycles. The van der Waals surface area contributed by atoms with Crippen molar-refractivity contribution >= 4 is 0 Å². The summed E-state index contributed by atoms with van der Waals surface area (Å²) in [7, 11) is 0. The summed E-state index contributed by atoms with van der Waals surface area (Å²) in [5, 5.41) is 0. The summed E-state index contributed by atoms with van der Waals surface area (Å²) in [6, 6.07) is 4.52. The van der Waals surface area contributed by atoms with Crippen LogP contribution in [0.3, 0.4) is 0 Å².